The van der Waals surface area contributed by atoms with Crippen molar-refractivity contribution in [2.24, 2.45) is 7.05 Å². The highest BCUT2D eigenvalue weighted by atomic mass is 79.9. The van der Waals surface area contributed by atoms with Crippen LogP contribution in [0.15, 0.2) is 21.8 Å². The molecule has 1 aromatic carbocycles. The fourth-order valence-electron chi connectivity index (χ4n) is 1.75. The van der Waals surface area contributed by atoms with E-state index in [0.717, 1.165) is 32.3 Å². The van der Waals surface area contributed by atoms with Gasteiger partial charge in [0.1, 0.15) is 5.82 Å². The second-order valence-corrected chi connectivity index (χ2v) is 6.57. The minimum Gasteiger partial charge on any atom is -0.325 e. The molecule has 0 radical (unpaired) electrons. The number of anilines is 1. The van der Waals surface area contributed by atoms with E-state index in [1.807, 2.05) is 44.5 Å². The number of rotatable bonds is 4. The number of hydrogen-bond donors (Lipinski definition) is 1. The third kappa shape index (κ3) is 3.65. The Morgan fingerprint density at radius 1 is 1.29 bits per heavy atom. The normalized spacial score (nSPS) is 10.7. The van der Waals surface area contributed by atoms with E-state index in [9.17, 15) is 4.79 Å². The van der Waals surface area contributed by atoms with Gasteiger partial charge in [-0.05, 0) is 44.0 Å². The molecular formula is C14H17BrN4OS. The number of nitrogens with zero attached hydrogens (tertiary/aromatic N) is 3. The van der Waals surface area contributed by atoms with Gasteiger partial charge in [0.2, 0.25) is 5.91 Å². The molecule has 2 rings (SSSR count). The van der Waals surface area contributed by atoms with Gasteiger partial charge in [-0.2, -0.15) is 0 Å². The molecule has 2 aromatic rings. The lowest BCUT2D eigenvalue weighted by atomic mass is 10.1. The first-order chi connectivity index (χ1) is 9.90. The quantitative estimate of drug-likeness (QED) is 0.841. The van der Waals surface area contributed by atoms with Crippen LogP contribution in [0.1, 0.15) is 17.0 Å². The highest BCUT2D eigenvalue weighted by Crippen LogP contribution is 2.26. The molecule has 0 saturated carbocycles. The van der Waals surface area contributed by atoms with Crippen LogP contribution in [0.5, 0.6) is 0 Å². The fourth-order valence-corrected chi connectivity index (χ4v) is 2.94. The molecule has 7 heteroatoms. The van der Waals surface area contributed by atoms with Gasteiger partial charge in [-0.15, -0.1) is 10.2 Å². The maximum absolute atomic E-state index is 12.1. The number of nitrogens with one attached hydrogen (secondary N) is 1. The topological polar surface area (TPSA) is 59.8 Å². The Kier molecular flexibility index (Phi) is 5.05. The molecule has 21 heavy (non-hydrogen) atoms. The van der Waals surface area contributed by atoms with Crippen molar-refractivity contribution >= 4 is 39.3 Å². The molecule has 1 N–H and O–H groups in total. The second-order valence-electron chi connectivity index (χ2n) is 4.77. The van der Waals surface area contributed by atoms with Crippen LogP contribution in [0.4, 0.5) is 5.69 Å². The lowest BCUT2D eigenvalue weighted by Crippen LogP contribution is -2.15. The number of aromatic nitrogens is 3. The number of carbonyl (C=O) groups excluding carboxylic acids is 1. The summed E-state index contributed by atoms with van der Waals surface area (Å²) in [6, 6.07) is 3.85. The summed E-state index contributed by atoms with van der Waals surface area (Å²) in [4.78, 5) is 12.1. The number of amides is 1. The van der Waals surface area contributed by atoms with Crippen LogP contribution in [0.2, 0.25) is 0 Å². The van der Waals surface area contributed by atoms with Crippen molar-refractivity contribution in [3.05, 3.63) is 33.6 Å². The van der Waals surface area contributed by atoms with Gasteiger partial charge in [0.15, 0.2) is 5.16 Å². The van der Waals surface area contributed by atoms with E-state index in [1.165, 1.54) is 11.8 Å². The number of carbonyl (C=O) groups is 1. The Bertz CT molecular complexity index is 684. The Morgan fingerprint density at radius 2 is 2.00 bits per heavy atom. The first-order valence-electron chi connectivity index (χ1n) is 6.44. The predicted octanol–water partition coefficient (Wildman–Crippen LogP) is 3.23. The summed E-state index contributed by atoms with van der Waals surface area (Å²) in [5.41, 5.74) is 3.04. The van der Waals surface area contributed by atoms with Crippen LogP contribution < -0.4 is 5.32 Å². The third-order valence-corrected chi connectivity index (χ3v) is 5.26. The van der Waals surface area contributed by atoms with Gasteiger partial charge in [-0.3, -0.25) is 4.79 Å². The second kappa shape index (κ2) is 6.62. The number of benzene rings is 1. The highest BCUT2D eigenvalue weighted by Gasteiger charge is 2.11. The van der Waals surface area contributed by atoms with Crippen LogP contribution in [0, 0.1) is 20.8 Å². The first-order valence-corrected chi connectivity index (χ1v) is 8.22. The van der Waals surface area contributed by atoms with Gasteiger partial charge < -0.3 is 9.88 Å². The van der Waals surface area contributed by atoms with E-state index in [1.54, 1.807) is 0 Å². The standard InChI is InChI=1S/C14H17BrN4OS/c1-8-9(2)12(6-5-11(8)15)16-13(20)7-21-14-18-17-10(3)19(14)4/h5-6H,7H2,1-4H3,(H,16,20). The van der Waals surface area contributed by atoms with Crippen LogP contribution in [0.3, 0.4) is 0 Å². The fraction of sp³-hybridized carbons (Fsp3) is 0.357. The average molecular weight is 369 g/mol. The lowest BCUT2D eigenvalue weighted by Gasteiger charge is -2.11. The van der Waals surface area contributed by atoms with Gasteiger partial charge in [0.05, 0.1) is 5.75 Å². The molecule has 0 aliphatic carbocycles. The monoisotopic (exact) mass is 368 g/mol. The minimum atomic E-state index is -0.0505. The molecule has 0 bridgehead atoms. The van der Waals surface area contributed by atoms with Crippen LogP contribution in [-0.4, -0.2) is 26.4 Å². The van der Waals surface area contributed by atoms with Crippen LogP contribution >= 0.6 is 27.7 Å². The van der Waals surface area contributed by atoms with Crippen molar-refractivity contribution in [3.8, 4) is 0 Å². The van der Waals surface area contributed by atoms with E-state index < -0.39 is 0 Å². The van der Waals surface area contributed by atoms with E-state index in [2.05, 4.69) is 31.4 Å². The molecule has 0 unspecified atom stereocenters. The van der Waals surface area contributed by atoms with Crippen molar-refractivity contribution in [2.75, 3.05) is 11.1 Å². The molecule has 1 heterocycles. The van der Waals surface area contributed by atoms with E-state index >= 15 is 0 Å². The van der Waals surface area contributed by atoms with Gasteiger partial charge in [-0.25, -0.2) is 0 Å². The molecule has 0 fully saturated rings. The zero-order valence-electron chi connectivity index (χ0n) is 12.4. The molecule has 0 aliphatic rings. The summed E-state index contributed by atoms with van der Waals surface area (Å²) < 4.78 is 2.91. The molecule has 5 nitrogen and oxygen atoms in total. The zero-order valence-corrected chi connectivity index (χ0v) is 14.8. The molecule has 1 aromatic heterocycles. The molecule has 0 atom stereocenters. The van der Waals surface area contributed by atoms with Gasteiger partial charge in [0.25, 0.3) is 0 Å². The van der Waals surface area contributed by atoms with E-state index in [-0.39, 0.29) is 5.91 Å². The van der Waals surface area contributed by atoms with E-state index in [0.29, 0.717) is 5.75 Å². The lowest BCUT2D eigenvalue weighted by molar-refractivity contribution is -0.113. The molecule has 1 amide bonds. The average Bonchev–Trinajstić information content (AvgIpc) is 2.77. The number of hydrogen-bond acceptors (Lipinski definition) is 4. The smallest absolute Gasteiger partial charge is 0.234 e. The largest absolute Gasteiger partial charge is 0.325 e. The summed E-state index contributed by atoms with van der Waals surface area (Å²) in [6.45, 7) is 5.89. The Hall–Kier alpha value is -1.34. The van der Waals surface area contributed by atoms with Crippen molar-refractivity contribution in [1.82, 2.24) is 14.8 Å². The van der Waals surface area contributed by atoms with Crippen molar-refractivity contribution in [3.63, 3.8) is 0 Å². The number of halogens is 1. The highest BCUT2D eigenvalue weighted by molar-refractivity contribution is 9.10. The van der Waals surface area contributed by atoms with Crippen molar-refractivity contribution < 1.29 is 4.79 Å². The van der Waals surface area contributed by atoms with Crippen LogP contribution in [0.25, 0.3) is 0 Å². The Labute approximate surface area is 136 Å². The van der Waals surface area contributed by atoms with Crippen LogP contribution in [-0.2, 0) is 11.8 Å². The maximum Gasteiger partial charge on any atom is 0.234 e. The summed E-state index contributed by atoms with van der Waals surface area (Å²) in [7, 11) is 1.89. The maximum atomic E-state index is 12.1. The molecule has 0 aliphatic heterocycles. The molecule has 0 saturated heterocycles. The zero-order chi connectivity index (χ0) is 15.6. The van der Waals surface area contributed by atoms with Crippen molar-refractivity contribution in [1.29, 1.82) is 0 Å². The summed E-state index contributed by atoms with van der Waals surface area (Å²) in [6.07, 6.45) is 0. The summed E-state index contributed by atoms with van der Waals surface area (Å²) in [5, 5.41) is 11.7. The summed E-state index contributed by atoms with van der Waals surface area (Å²) in [5.74, 6) is 1.09. The number of aryl methyl sites for hydroxylation is 1. The van der Waals surface area contributed by atoms with Crippen molar-refractivity contribution in [2.45, 2.75) is 25.9 Å². The molecule has 0 spiro atoms. The minimum absolute atomic E-state index is 0.0505. The Morgan fingerprint density at radius 3 is 2.62 bits per heavy atom. The first kappa shape index (κ1) is 16.0. The predicted molar refractivity (Wildman–Crippen MR) is 88.7 cm³/mol. The van der Waals surface area contributed by atoms with E-state index in [4.69, 9.17) is 0 Å². The third-order valence-electron chi connectivity index (χ3n) is 3.38. The van der Waals surface area contributed by atoms with Gasteiger partial charge >= 0.3 is 0 Å². The number of thioether (sulfide) groups is 1. The summed E-state index contributed by atoms with van der Waals surface area (Å²) >= 11 is 4.86. The SMILES string of the molecule is Cc1c(Br)ccc(NC(=O)CSc2nnc(C)n2C)c1C. The molecule has 112 valence electrons. The Balaban J connectivity index is 1.99. The van der Waals surface area contributed by atoms with Gasteiger partial charge in [-0.1, -0.05) is 27.7 Å². The molecular weight excluding hydrogens is 352 g/mol. The van der Waals surface area contributed by atoms with Gasteiger partial charge in [0, 0.05) is 17.2 Å².